The maximum atomic E-state index is 10.0. The van der Waals surface area contributed by atoms with Crippen molar-refractivity contribution in [3.05, 3.63) is 0 Å². The predicted molar refractivity (Wildman–Crippen MR) is 55.9 cm³/mol. The maximum absolute atomic E-state index is 10.0. The first-order chi connectivity index (χ1) is 6.45. The van der Waals surface area contributed by atoms with Crippen molar-refractivity contribution in [1.82, 2.24) is 0 Å². The first kappa shape index (κ1) is 10.4. The fraction of sp³-hybridized carbons (Fsp3) is 1.00. The average Bonchev–Trinajstić information content (AvgIpc) is 1.99. The highest BCUT2D eigenvalue weighted by Crippen LogP contribution is 2.45. The van der Waals surface area contributed by atoms with Crippen LogP contribution in [0.5, 0.6) is 0 Å². The van der Waals surface area contributed by atoms with Crippen LogP contribution in [0.2, 0.25) is 0 Å². The molecule has 2 saturated carbocycles. The molecule has 2 rings (SSSR count). The Labute approximate surface area is 86.3 Å². The summed E-state index contributed by atoms with van der Waals surface area (Å²) in [5.74, 6) is 1.77. The molecule has 2 bridgehead atoms. The molecule has 0 spiro atoms. The lowest BCUT2D eigenvalue weighted by atomic mass is 9.64. The lowest BCUT2D eigenvalue weighted by molar-refractivity contribution is -0.0518. The molecular weight excluding hydrogens is 176 g/mol. The topological polar surface area (TPSA) is 40.5 Å². The van der Waals surface area contributed by atoms with Gasteiger partial charge in [0.2, 0.25) is 0 Å². The number of fused-ring (bicyclic) bond motifs is 2. The molecule has 0 aromatic heterocycles. The van der Waals surface area contributed by atoms with E-state index in [0.29, 0.717) is 17.8 Å². The lowest BCUT2D eigenvalue weighted by Crippen LogP contribution is -2.41. The zero-order chi connectivity index (χ0) is 10.3. The van der Waals surface area contributed by atoms with Crippen LogP contribution in [-0.4, -0.2) is 21.9 Å². The minimum atomic E-state index is -0.529. The molecule has 0 amide bonds. The van der Waals surface area contributed by atoms with Crippen LogP contribution in [0.4, 0.5) is 0 Å². The summed E-state index contributed by atoms with van der Waals surface area (Å²) in [5.41, 5.74) is -0.529. The van der Waals surface area contributed by atoms with Gasteiger partial charge in [-0.25, -0.2) is 0 Å². The average molecular weight is 198 g/mol. The SMILES string of the molecule is CC(C)(O)C1C[C@@H]2CC(O)C[C@@H](C1)C2. The Morgan fingerprint density at radius 3 is 1.86 bits per heavy atom. The van der Waals surface area contributed by atoms with Gasteiger partial charge in [-0.05, 0) is 63.7 Å². The monoisotopic (exact) mass is 198 g/mol. The normalized spacial score (nSPS) is 43.7. The zero-order valence-electron chi connectivity index (χ0n) is 9.24. The zero-order valence-corrected chi connectivity index (χ0v) is 9.24. The van der Waals surface area contributed by atoms with Gasteiger partial charge in [0.1, 0.15) is 0 Å². The quantitative estimate of drug-likeness (QED) is 0.676. The molecule has 2 N–H and O–H groups in total. The van der Waals surface area contributed by atoms with E-state index in [1.165, 1.54) is 6.42 Å². The predicted octanol–water partition coefficient (Wildman–Crippen LogP) is 1.94. The molecule has 14 heavy (non-hydrogen) atoms. The van der Waals surface area contributed by atoms with Gasteiger partial charge in [0.05, 0.1) is 11.7 Å². The summed E-state index contributed by atoms with van der Waals surface area (Å²) in [6.45, 7) is 3.85. The minimum absolute atomic E-state index is 0.0681. The summed E-state index contributed by atoms with van der Waals surface area (Å²) >= 11 is 0. The molecule has 2 heteroatoms. The summed E-state index contributed by atoms with van der Waals surface area (Å²) in [6.07, 6.45) is 5.35. The maximum Gasteiger partial charge on any atom is 0.0620 e. The first-order valence-corrected chi connectivity index (χ1v) is 5.85. The van der Waals surface area contributed by atoms with Gasteiger partial charge >= 0.3 is 0 Å². The molecule has 2 fully saturated rings. The third kappa shape index (κ3) is 2.12. The highest BCUT2D eigenvalue weighted by Gasteiger charge is 2.40. The molecule has 0 heterocycles. The molecule has 0 aromatic rings. The Bertz CT molecular complexity index is 189. The van der Waals surface area contributed by atoms with Crippen LogP contribution in [0.25, 0.3) is 0 Å². The molecule has 2 nitrogen and oxygen atoms in total. The standard InChI is InChI=1S/C12H22O2/c1-12(2,14)10-4-8-3-9(5-10)7-11(13)6-8/h8-11,13-14H,3-7H2,1-2H3/t8-,9-,10?,11?/m1/s1. The van der Waals surface area contributed by atoms with Gasteiger partial charge < -0.3 is 10.2 Å². The van der Waals surface area contributed by atoms with E-state index in [-0.39, 0.29) is 6.10 Å². The summed E-state index contributed by atoms with van der Waals surface area (Å²) in [5, 5.41) is 19.6. The van der Waals surface area contributed by atoms with Crippen molar-refractivity contribution < 1.29 is 10.2 Å². The summed E-state index contributed by atoms with van der Waals surface area (Å²) in [7, 11) is 0. The largest absolute Gasteiger partial charge is 0.393 e. The van der Waals surface area contributed by atoms with Gasteiger partial charge in [-0.1, -0.05) is 0 Å². The molecule has 0 unspecified atom stereocenters. The van der Waals surface area contributed by atoms with Crippen molar-refractivity contribution in [3.8, 4) is 0 Å². The van der Waals surface area contributed by atoms with Gasteiger partial charge in [0, 0.05) is 0 Å². The van der Waals surface area contributed by atoms with Crippen LogP contribution in [0, 0.1) is 17.8 Å². The minimum Gasteiger partial charge on any atom is -0.393 e. The number of rotatable bonds is 1. The van der Waals surface area contributed by atoms with Crippen molar-refractivity contribution in [2.24, 2.45) is 17.8 Å². The molecule has 0 aromatic carbocycles. The Morgan fingerprint density at radius 2 is 1.43 bits per heavy atom. The molecule has 0 radical (unpaired) electrons. The fourth-order valence-corrected chi connectivity index (χ4v) is 3.39. The first-order valence-electron chi connectivity index (χ1n) is 5.85. The third-order valence-electron chi connectivity index (χ3n) is 4.11. The van der Waals surface area contributed by atoms with Gasteiger partial charge in [-0.3, -0.25) is 0 Å². The van der Waals surface area contributed by atoms with E-state index in [9.17, 15) is 10.2 Å². The van der Waals surface area contributed by atoms with Gasteiger partial charge in [-0.2, -0.15) is 0 Å². The number of hydrogen-bond acceptors (Lipinski definition) is 2. The molecular formula is C12H22O2. The van der Waals surface area contributed by atoms with Crippen molar-refractivity contribution in [2.75, 3.05) is 0 Å². The molecule has 0 aliphatic heterocycles. The summed E-state index contributed by atoms with van der Waals surface area (Å²) in [4.78, 5) is 0. The fourth-order valence-electron chi connectivity index (χ4n) is 3.39. The van der Waals surface area contributed by atoms with Gasteiger partial charge in [0.25, 0.3) is 0 Å². The van der Waals surface area contributed by atoms with Crippen molar-refractivity contribution in [2.45, 2.75) is 57.7 Å². The van der Waals surface area contributed by atoms with Crippen molar-refractivity contribution in [3.63, 3.8) is 0 Å². The van der Waals surface area contributed by atoms with E-state index < -0.39 is 5.60 Å². The van der Waals surface area contributed by atoms with Crippen LogP contribution in [0.3, 0.4) is 0 Å². The molecule has 0 saturated heterocycles. The van der Waals surface area contributed by atoms with Crippen LogP contribution in [-0.2, 0) is 0 Å². The van der Waals surface area contributed by atoms with Gasteiger partial charge in [0.15, 0.2) is 0 Å². The second-order valence-electron chi connectivity index (χ2n) is 5.91. The van der Waals surface area contributed by atoms with Crippen LogP contribution in [0.15, 0.2) is 0 Å². The highest BCUT2D eigenvalue weighted by atomic mass is 16.3. The van der Waals surface area contributed by atoms with E-state index in [0.717, 1.165) is 25.7 Å². The second kappa shape index (κ2) is 3.49. The smallest absolute Gasteiger partial charge is 0.0620 e. The van der Waals surface area contributed by atoms with Crippen LogP contribution < -0.4 is 0 Å². The molecule has 2 aliphatic rings. The van der Waals surface area contributed by atoms with Crippen molar-refractivity contribution >= 4 is 0 Å². The number of hydrogen-bond donors (Lipinski definition) is 2. The highest BCUT2D eigenvalue weighted by molar-refractivity contribution is 4.91. The Balaban J connectivity index is 2.02. The Morgan fingerprint density at radius 1 is 0.929 bits per heavy atom. The van der Waals surface area contributed by atoms with E-state index in [1.54, 1.807) is 0 Å². The molecule has 82 valence electrons. The Kier molecular flexibility index (Phi) is 2.61. The Hall–Kier alpha value is -0.0800. The van der Waals surface area contributed by atoms with Crippen molar-refractivity contribution in [1.29, 1.82) is 0 Å². The second-order valence-corrected chi connectivity index (χ2v) is 5.91. The van der Waals surface area contributed by atoms with Crippen LogP contribution in [0.1, 0.15) is 46.0 Å². The lowest BCUT2D eigenvalue weighted by Gasteiger charge is -2.44. The van der Waals surface area contributed by atoms with Gasteiger partial charge in [-0.15, -0.1) is 0 Å². The van der Waals surface area contributed by atoms with E-state index in [4.69, 9.17) is 0 Å². The third-order valence-corrected chi connectivity index (χ3v) is 4.11. The molecule has 2 atom stereocenters. The molecule has 2 aliphatic carbocycles. The number of aliphatic hydroxyl groups excluding tert-OH is 1. The summed E-state index contributed by atoms with van der Waals surface area (Å²) < 4.78 is 0. The van der Waals surface area contributed by atoms with E-state index in [1.807, 2.05) is 13.8 Å². The summed E-state index contributed by atoms with van der Waals surface area (Å²) in [6, 6.07) is 0. The van der Waals surface area contributed by atoms with E-state index >= 15 is 0 Å². The van der Waals surface area contributed by atoms with Crippen LogP contribution >= 0.6 is 0 Å². The number of aliphatic hydroxyl groups is 2. The van der Waals surface area contributed by atoms with E-state index in [2.05, 4.69) is 0 Å².